The van der Waals surface area contributed by atoms with E-state index in [1.807, 2.05) is 12.1 Å². The Morgan fingerprint density at radius 3 is 2.07 bits per heavy atom. The first-order valence-corrected chi connectivity index (χ1v) is 10.2. The van der Waals surface area contributed by atoms with E-state index in [1.165, 1.54) is 16.7 Å². The summed E-state index contributed by atoms with van der Waals surface area (Å²) >= 11 is 0. The van der Waals surface area contributed by atoms with Crippen molar-refractivity contribution in [2.24, 2.45) is 0 Å². The van der Waals surface area contributed by atoms with Crippen LogP contribution in [-0.2, 0) is 11.2 Å². The first-order valence-electron chi connectivity index (χ1n) is 10.2. The van der Waals surface area contributed by atoms with Crippen LogP contribution in [-0.4, -0.2) is 26.1 Å². The van der Waals surface area contributed by atoms with E-state index in [2.05, 4.69) is 68.7 Å². The van der Waals surface area contributed by atoms with Crippen molar-refractivity contribution < 1.29 is 9.53 Å². The van der Waals surface area contributed by atoms with Crippen molar-refractivity contribution in [2.45, 2.75) is 52.4 Å². The Labute approximate surface area is 169 Å². The van der Waals surface area contributed by atoms with Gasteiger partial charge in [-0.05, 0) is 53.6 Å². The van der Waals surface area contributed by atoms with Gasteiger partial charge in [0, 0.05) is 18.7 Å². The second-order valence-corrected chi connectivity index (χ2v) is 7.77. The maximum Gasteiger partial charge on any atom is 0.225 e. The lowest BCUT2D eigenvalue weighted by molar-refractivity contribution is -0.116. The van der Waals surface area contributed by atoms with Crippen LogP contribution in [0.15, 0.2) is 42.5 Å². The van der Waals surface area contributed by atoms with Gasteiger partial charge in [0.1, 0.15) is 5.75 Å². The first-order chi connectivity index (χ1) is 13.4. The molecule has 0 heterocycles. The summed E-state index contributed by atoms with van der Waals surface area (Å²) in [7, 11) is 1.67. The van der Waals surface area contributed by atoms with Gasteiger partial charge in [0.15, 0.2) is 0 Å². The number of benzene rings is 2. The lowest BCUT2D eigenvalue weighted by Crippen LogP contribution is -2.24. The van der Waals surface area contributed by atoms with Gasteiger partial charge >= 0.3 is 0 Å². The van der Waals surface area contributed by atoms with Gasteiger partial charge in [0.05, 0.1) is 7.11 Å². The van der Waals surface area contributed by atoms with E-state index >= 15 is 0 Å². The third kappa shape index (κ3) is 6.38. The molecule has 0 radical (unpaired) electrons. The molecule has 28 heavy (non-hydrogen) atoms. The van der Waals surface area contributed by atoms with E-state index in [9.17, 15) is 4.79 Å². The molecule has 1 amide bonds. The number of rotatable bonds is 10. The molecule has 0 aromatic heterocycles. The number of hydrogen-bond donors (Lipinski definition) is 2. The van der Waals surface area contributed by atoms with Gasteiger partial charge in [0.25, 0.3) is 0 Å². The van der Waals surface area contributed by atoms with Crippen LogP contribution in [0.3, 0.4) is 0 Å². The molecular formula is C24H34N2O2. The molecule has 0 spiro atoms. The van der Waals surface area contributed by atoms with Crippen LogP contribution in [0.25, 0.3) is 0 Å². The maximum absolute atomic E-state index is 12.5. The van der Waals surface area contributed by atoms with Crippen molar-refractivity contribution in [3.63, 3.8) is 0 Å². The van der Waals surface area contributed by atoms with Crippen molar-refractivity contribution in [3.05, 3.63) is 59.2 Å². The molecule has 2 aromatic rings. The minimum Gasteiger partial charge on any atom is -0.497 e. The number of para-hydroxylation sites is 1. The topological polar surface area (TPSA) is 50.4 Å². The molecule has 0 fully saturated rings. The highest BCUT2D eigenvalue weighted by Gasteiger charge is 2.15. The van der Waals surface area contributed by atoms with Crippen LogP contribution in [0, 0.1) is 0 Å². The van der Waals surface area contributed by atoms with Gasteiger partial charge in [0.2, 0.25) is 5.91 Å². The van der Waals surface area contributed by atoms with E-state index in [4.69, 9.17) is 4.74 Å². The summed E-state index contributed by atoms with van der Waals surface area (Å²) in [6.45, 7) is 10.2. The van der Waals surface area contributed by atoms with E-state index in [1.54, 1.807) is 7.11 Å². The predicted molar refractivity (Wildman–Crippen MR) is 117 cm³/mol. The van der Waals surface area contributed by atoms with Crippen molar-refractivity contribution >= 4 is 11.6 Å². The van der Waals surface area contributed by atoms with Crippen molar-refractivity contribution in [2.75, 3.05) is 25.5 Å². The molecule has 2 aromatic carbocycles. The molecule has 2 rings (SSSR count). The second-order valence-electron chi connectivity index (χ2n) is 7.77. The fraction of sp³-hybridized carbons (Fsp3) is 0.458. The molecule has 152 valence electrons. The summed E-state index contributed by atoms with van der Waals surface area (Å²) in [4.78, 5) is 12.5. The van der Waals surface area contributed by atoms with Gasteiger partial charge in [-0.3, -0.25) is 4.79 Å². The maximum atomic E-state index is 12.5. The Hall–Kier alpha value is -2.33. The molecular weight excluding hydrogens is 348 g/mol. The highest BCUT2D eigenvalue weighted by atomic mass is 16.5. The van der Waals surface area contributed by atoms with Crippen molar-refractivity contribution in [1.29, 1.82) is 0 Å². The molecule has 0 unspecified atom stereocenters. The fourth-order valence-corrected chi connectivity index (χ4v) is 3.25. The number of carbonyl (C=O) groups is 1. The lowest BCUT2D eigenvalue weighted by Gasteiger charge is -2.20. The van der Waals surface area contributed by atoms with Crippen LogP contribution in [0.1, 0.15) is 62.6 Å². The van der Waals surface area contributed by atoms with Crippen LogP contribution in [0.4, 0.5) is 5.69 Å². The SMILES string of the molecule is COc1ccc(CCNCCC(=O)Nc2c(C(C)C)cccc2C(C)C)cc1. The molecule has 4 nitrogen and oxygen atoms in total. The molecule has 0 aliphatic heterocycles. The lowest BCUT2D eigenvalue weighted by atomic mass is 9.92. The standard InChI is InChI=1S/C24H34N2O2/c1-17(2)21-7-6-8-22(18(3)4)24(21)26-23(27)14-16-25-15-13-19-9-11-20(28-5)12-10-19/h6-12,17-18,25H,13-16H2,1-5H3,(H,26,27). The number of ether oxygens (including phenoxy) is 1. The monoisotopic (exact) mass is 382 g/mol. The highest BCUT2D eigenvalue weighted by molar-refractivity contribution is 5.92. The molecule has 0 saturated heterocycles. The smallest absolute Gasteiger partial charge is 0.225 e. The average Bonchev–Trinajstić information content (AvgIpc) is 2.68. The van der Waals surface area contributed by atoms with Crippen molar-refractivity contribution in [1.82, 2.24) is 5.32 Å². The number of anilines is 1. The first kappa shape index (κ1) is 22.0. The van der Waals surface area contributed by atoms with Crippen LogP contribution in [0.2, 0.25) is 0 Å². The normalized spacial score (nSPS) is 11.1. The zero-order chi connectivity index (χ0) is 20.5. The van der Waals surface area contributed by atoms with Gasteiger partial charge in [-0.15, -0.1) is 0 Å². The summed E-state index contributed by atoms with van der Waals surface area (Å²) in [5, 5.41) is 6.53. The third-order valence-electron chi connectivity index (χ3n) is 4.92. The summed E-state index contributed by atoms with van der Waals surface area (Å²) < 4.78 is 5.17. The molecule has 0 atom stereocenters. The van der Waals surface area contributed by atoms with Crippen LogP contribution in [0.5, 0.6) is 5.75 Å². The Morgan fingerprint density at radius 1 is 0.929 bits per heavy atom. The number of amides is 1. The molecule has 0 aliphatic carbocycles. The molecule has 0 bridgehead atoms. The van der Waals surface area contributed by atoms with Gasteiger partial charge in [-0.2, -0.15) is 0 Å². The predicted octanol–water partition coefficient (Wildman–Crippen LogP) is 5.10. The largest absolute Gasteiger partial charge is 0.497 e. The average molecular weight is 383 g/mol. The fourth-order valence-electron chi connectivity index (χ4n) is 3.25. The third-order valence-corrected chi connectivity index (χ3v) is 4.92. The summed E-state index contributed by atoms with van der Waals surface area (Å²) in [5.41, 5.74) is 4.65. The van der Waals surface area contributed by atoms with E-state index < -0.39 is 0 Å². The zero-order valence-corrected chi connectivity index (χ0v) is 17.8. The Kier molecular flexibility index (Phi) is 8.52. The van der Waals surface area contributed by atoms with Crippen LogP contribution >= 0.6 is 0 Å². The van der Waals surface area contributed by atoms with Gasteiger partial charge in [-0.25, -0.2) is 0 Å². The number of nitrogens with one attached hydrogen (secondary N) is 2. The van der Waals surface area contributed by atoms with Crippen molar-refractivity contribution in [3.8, 4) is 5.75 Å². The molecule has 0 aliphatic rings. The van der Waals surface area contributed by atoms with E-state index in [0.29, 0.717) is 24.8 Å². The second kappa shape index (κ2) is 10.9. The Morgan fingerprint density at radius 2 is 1.54 bits per heavy atom. The van der Waals surface area contributed by atoms with Crippen LogP contribution < -0.4 is 15.4 Å². The summed E-state index contributed by atoms with van der Waals surface area (Å²) in [6.07, 6.45) is 1.39. The minimum absolute atomic E-state index is 0.0620. The van der Waals surface area contributed by atoms with Gasteiger partial charge in [-0.1, -0.05) is 58.0 Å². The minimum atomic E-state index is 0.0620. The molecule has 0 saturated carbocycles. The molecule has 2 N–H and O–H groups in total. The zero-order valence-electron chi connectivity index (χ0n) is 17.8. The molecule has 4 heteroatoms. The summed E-state index contributed by atoms with van der Waals surface area (Å²) in [6, 6.07) is 14.4. The number of hydrogen-bond acceptors (Lipinski definition) is 3. The highest BCUT2D eigenvalue weighted by Crippen LogP contribution is 2.32. The Balaban J connectivity index is 1.82. The number of carbonyl (C=O) groups excluding carboxylic acids is 1. The van der Waals surface area contributed by atoms with Gasteiger partial charge < -0.3 is 15.4 Å². The Bertz CT molecular complexity index is 725. The van der Waals surface area contributed by atoms with E-state index in [0.717, 1.165) is 24.4 Å². The number of methoxy groups -OCH3 is 1. The summed E-state index contributed by atoms with van der Waals surface area (Å²) in [5.74, 6) is 1.68. The quantitative estimate of drug-likeness (QED) is 0.562. The van der Waals surface area contributed by atoms with E-state index in [-0.39, 0.29) is 5.91 Å².